The summed E-state index contributed by atoms with van der Waals surface area (Å²) in [6, 6.07) is 4.91. The summed E-state index contributed by atoms with van der Waals surface area (Å²) >= 11 is 0. The van der Waals surface area contributed by atoms with Gasteiger partial charge in [0.1, 0.15) is 5.75 Å². The normalized spacial score (nSPS) is 12.1. The van der Waals surface area contributed by atoms with Crippen LogP contribution in [0.4, 0.5) is 0 Å². The topological polar surface area (TPSA) is 67.2 Å². The van der Waals surface area contributed by atoms with Gasteiger partial charge in [0.15, 0.2) is 0 Å². The lowest BCUT2D eigenvalue weighted by Crippen LogP contribution is -2.35. The molecule has 0 aliphatic rings. The molecule has 19 heavy (non-hydrogen) atoms. The minimum atomic E-state index is -0.180. The average Bonchev–Trinajstić information content (AvgIpc) is 2.85. The number of nitrogens with zero attached hydrogens (tertiary/aromatic N) is 2. The Morgan fingerprint density at radius 1 is 1.53 bits per heavy atom. The van der Waals surface area contributed by atoms with Crippen molar-refractivity contribution in [2.75, 3.05) is 0 Å². The van der Waals surface area contributed by atoms with E-state index in [2.05, 4.69) is 10.3 Å². The quantitative estimate of drug-likeness (QED) is 0.878. The Morgan fingerprint density at radius 3 is 3.00 bits per heavy atom. The molecule has 0 spiro atoms. The van der Waals surface area contributed by atoms with Gasteiger partial charge in [-0.05, 0) is 26.0 Å². The predicted octanol–water partition coefficient (Wildman–Crippen LogP) is 1.72. The SMILES string of the molecule is Cc1c(O)cccc1C(=O)NC(C)Cn1ccnc1. The van der Waals surface area contributed by atoms with Crippen LogP contribution in [0.3, 0.4) is 0 Å². The number of phenolic OH excluding ortho intramolecular Hbond substituents is 1. The number of rotatable bonds is 4. The fourth-order valence-corrected chi connectivity index (χ4v) is 1.93. The first-order valence-corrected chi connectivity index (χ1v) is 6.13. The molecular weight excluding hydrogens is 242 g/mol. The second-order valence-corrected chi connectivity index (χ2v) is 4.58. The van der Waals surface area contributed by atoms with Gasteiger partial charge in [-0.1, -0.05) is 6.07 Å². The van der Waals surface area contributed by atoms with Crippen LogP contribution in [0.25, 0.3) is 0 Å². The van der Waals surface area contributed by atoms with E-state index >= 15 is 0 Å². The standard InChI is InChI=1S/C14H17N3O2/c1-10(8-17-7-6-15-9-17)16-14(19)12-4-3-5-13(18)11(12)2/h3-7,9-10,18H,8H2,1-2H3,(H,16,19). The molecule has 0 saturated heterocycles. The molecule has 1 aromatic heterocycles. The molecule has 1 unspecified atom stereocenters. The summed E-state index contributed by atoms with van der Waals surface area (Å²) in [6.45, 7) is 4.31. The van der Waals surface area contributed by atoms with Crippen LogP contribution in [-0.4, -0.2) is 26.6 Å². The number of hydrogen-bond acceptors (Lipinski definition) is 3. The van der Waals surface area contributed by atoms with E-state index in [0.717, 1.165) is 0 Å². The highest BCUT2D eigenvalue weighted by atomic mass is 16.3. The molecule has 2 aromatic rings. The first-order valence-electron chi connectivity index (χ1n) is 6.13. The Morgan fingerprint density at radius 2 is 2.32 bits per heavy atom. The number of aromatic hydroxyl groups is 1. The van der Waals surface area contributed by atoms with Gasteiger partial charge in [0.25, 0.3) is 5.91 Å². The average molecular weight is 259 g/mol. The molecule has 5 heteroatoms. The van der Waals surface area contributed by atoms with Crippen molar-refractivity contribution < 1.29 is 9.90 Å². The molecule has 1 atom stereocenters. The van der Waals surface area contributed by atoms with Crippen LogP contribution >= 0.6 is 0 Å². The summed E-state index contributed by atoms with van der Waals surface area (Å²) in [5, 5.41) is 12.5. The molecule has 1 aromatic carbocycles. The summed E-state index contributed by atoms with van der Waals surface area (Å²) in [5.74, 6) is -0.0454. The van der Waals surface area contributed by atoms with E-state index in [1.54, 1.807) is 37.6 Å². The monoisotopic (exact) mass is 259 g/mol. The van der Waals surface area contributed by atoms with Gasteiger partial charge in [-0.25, -0.2) is 4.98 Å². The third-order valence-electron chi connectivity index (χ3n) is 2.97. The largest absolute Gasteiger partial charge is 0.508 e. The smallest absolute Gasteiger partial charge is 0.251 e. The Kier molecular flexibility index (Phi) is 3.85. The summed E-state index contributed by atoms with van der Waals surface area (Å²) in [7, 11) is 0. The van der Waals surface area contributed by atoms with Gasteiger partial charge in [-0.15, -0.1) is 0 Å². The Bertz CT molecular complexity index is 564. The Labute approximate surface area is 111 Å². The van der Waals surface area contributed by atoms with Crippen molar-refractivity contribution in [1.29, 1.82) is 0 Å². The molecule has 0 saturated carbocycles. The van der Waals surface area contributed by atoms with E-state index in [9.17, 15) is 9.90 Å². The summed E-state index contributed by atoms with van der Waals surface area (Å²) in [6.07, 6.45) is 5.26. The lowest BCUT2D eigenvalue weighted by molar-refractivity contribution is 0.0935. The second-order valence-electron chi connectivity index (χ2n) is 4.58. The van der Waals surface area contributed by atoms with E-state index < -0.39 is 0 Å². The number of imidazole rings is 1. The van der Waals surface area contributed by atoms with Gasteiger partial charge in [-0.2, -0.15) is 0 Å². The highest BCUT2D eigenvalue weighted by molar-refractivity contribution is 5.96. The van der Waals surface area contributed by atoms with Gasteiger partial charge in [0, 0.05) is 36.1 Å². The Hall–Kier alpha value is -2.30. The minimum Gasteiger partial charge on any atom is -0.508 e. The van der Waals surface area contributed by atoms with E-state index in [1.807, 2.05) is 17.7 Å². The van der Waals surface area contributed by atoms with Crippen molar-refractivity contribution >= 4 is 5.91 Å². The van der Waals surface area contributed by atoms with Crippen molar-refractivity contribution in [3.63, 3.8) is 0 Å². The van der Waals surface area contributed by atoms with Crippen LogP contribution in [0, 0.1) is 6.92 Å². The summed E-state index contributed by atoms with van der Waals surface area (Å²) < 4.78 is 1.90. The van der Waals surface area contributed by atoms with Crippen LogP contribution < -0.4 is 5.32 Å². The molecular formula is C14H17N3O2. The predicted molar refractivity (Wildman–Crippen MR) is 72.0 cm³/mol. The fourth-order valence-electron chi connectivity index (χ4n) is 1.93. The number of hydrogen-bond donors (Lipinski definition) is 2. The number of benzene rings is 1. The highest BCUT2D eigenvalue weighted by Gasteiger charge is 2.13. The molecule has 1 amide bonds. The zero-order chi connectivity index (χ0) is 13.8. The molecule has 5 nitrogen and oxygen atoms in total. The van der Waals surface area contributed by atoms with E-state index in [-0.39, 0.29) is 17.7 Å². The lowest BCUT2D eigenvalue weighted by Gasteiger charge is -2.15. The second kappa shape index (κ2) is 5.56. The number of phenols is 1. The molecule has 0 radical (unpaired) electrons. The number of aromatic nitrogens is 2. The van der Waals surface area contributed by atoms with Crippen LogP contribution in [0.5, 0.6) is 5.75 Å². The molecule has 1 heterocycles. The summed E-state index contributed by atoms with van der Waals surface area (Å²) in [4.78, 5) is 16.1. The molecule has 2 rings (SSSR count). The van der Waals surface area contributed by atoms with Crippen LogP contribution in [0.15, 0.2) is 36.9 Å². The van der Waals surface area contributed by atoms with E-state index in [1.165, 1.54) is 0 Å². The zero-order valence-electron chi connectivity index (χ0n) is 11.0. The van der Waals surface area contributed by atoms with Crippen LogP contribution in [0.2, 0.25) is 0 Å². The van der Waals surface area contributed by atoms with Crippen LogP contribution in [0.1, 0.15) is 22.8 Å². The maximum absolute atomic E-state index is 12.1. The first-order chi connectivity index (χ1) is 9.08. The minimum absolute atomic E-state index is 0.0246. The van der Waals surface area contributed by atoms with Crippen molar-refractivity contribution in [2.45, 2.75) is 26.4 Å². The maximum atomic E-state index is 12.1. The number of amides is 1. The Balaban J connectivity index is 2.02. The first kappa shape index (κ1) is 13.1. The third-order valence-corrected chi connectivity index (χ3v) is 2.97. The molecule has 0 bridgehead atoms. The van der Waals surface area contributed by atoms with E-state index in [0.29, 0.717) is 17.7 Å². The van der Waals surface area contributed by atoms with Crippen LogP contribution in [-0.2, 0) is 6.54 Å². The van der Waals surface area contributed by atoms with Crippen molar-refractivity contribution in [3.8, 4) is 5.75 Å². The molecule has 0 fully saturated rings. The maximum Gasteiger partial charge on any atom is 0.251 e. The highest BCUT2D eigenvalue weighted by Crippen LogP contribution is 2.19. The van der Waals surface area contributed by atoms with Gasteiger partial charge in [0.05, 0.1) is 6.33 Å². The van der Waals surface area contributed by atoms with Crippen molar-refractivity contribution in [3.05, 3.63) is 48.0 Å². The van der Waals surface area contributed by atoms with Crippen molar-refractivity contribution in [1.82, 2.24) is 14.9 Å². The zero-order valence-corrected chi connectivity index (χ0v) is 11.0. The van der Waals surface area contributed by atoms with Gasteiger partial charge >= 0.3 is 0 Å². The van der Waals surface area contributed by atoms with Crippen molar-refractivity contribution in [2.24, 2.45) is 0 Å². The molecule has 0 aliphatic carbocycles. The van der Waals surface area contributed by atoms with Gasteiger partial charge < -0.3 is 15.0 Å². The number of carbonyl (C=O) groups is 1. The fraction of sp³-hybridized carbons (Fsp3) is 0.286. The lowest BCUT2D eigenvalue weighted by atomic mass is 10.1. The van der Waals surface area contributed by atoms with Gasteiger partial charge in [0.2, 0.25) is 0 Å². The third kappa shape index (κ3) is 3.13. The molecule has 100 valence electrons. The number of carbonyl (C=O) groups excluding carboxylic acids is 1. The molecule has 2 N–H and O–H groups in total. The summed E-state index contributed by atoms with van der Waals surface area (Å²) in [5.41, 5.74) is 1.09. The number of nitrogens with one attached hydrogen (secondary N) is 1. The van der Waals surface area contributed by atoms with Gasteiger partial charge in [-0.3, -0.25) is 4.79 Å². The molecule has 0 aliphatic heterocycles. The van der Waals surface area contributed by atoms with E-state index in [4.69, 9.17) is 0 Å².